The van der Waals surface area contributed by atoms with Crippen molar-refractivity contribution < 1.29 is 17.6 Å². The van der Waals surface area contributed by atoms with Crippen molar-refractivity contribution >= 4 is 27.3 Å². The smallest absolute Gasteiger partial charge is 0.263 e. The van der Waals surface area contributed by atoms with E-state index in [2.05, 4.69) is 5.32 Å². The molecule has 8 heteroatoms. The van der Waals surface area contributed by atoms with Crippen LogP contribution in [0.5, 0.6) is 0 Å². The Hall–Kier alpha value is -1.64. The normalized spacial score (nSPS) is 16.0. The molecule has 0 aliphatic carbocycles. The number of amides is 1. The summed E-state index contributed by atoms with van der Waals surface area (Å²) in [6.07, 6.45) is 4.79. The van der Waals surface area contributed by atoms with E-state index >= 15 is 0 Å². The van der Waals surface area contributed by atoms with Gasteiger partial charge in [0.25, 0.3) is 5.91 Å². The predicted octanol–water partition coefficient (Wildman–Crippen LogP) is 2.06. The van der Waals surface area contributed by atoms with Gasteiger partial charge in [-0.15, -0.1) is 11.3 Å². The summed E-state index contributed by atoms with van der Waals surface area (Å²) in [5.74, 6) is -0.381. The number of thiophene rings is 1. The maximum absolute atomic E-state index is 12.6. The molecule has 3 rings (SSSR count). The standard InChI is InChI=1S/C14H16N2O4S2/c17-14(15-9-11-3-7-20-10-11)13-12(4-8-21-13)22(18,19)16-5-1-2-6-16/h3-4,7-8,10H,1-2,5-6,9H2,(H,15,17). The van der Waals surface area contributed by atoms with Crippen molar-refractivity contribution in [3.05, 3.63) is 40.5 Å². The minimum absolute atomic E-state index is 0.101. The van der Waals surface area contributed by atoms with Crippen molar-refractivity contribution in [1.29, 1.82) is 0 Å². The van der Waals surface area contributed by atoms with Gasteiger partial charge in [0.15, 0.2) is 0 Å². The predicted molar refractivity (Wildman–Crippen MR) is 82.2 cm³/mol. The van der Waals surface area contributed by atoms with Gasteiger partial charge in [0.2, 0.25) is 10.0 Å². The Morgan fingerprint density at radius 2 is 2.09 bits per heavy atom. The summed E-state index contributed by atoms with van der Waals surface area (Å²) >= 11 is 1.14. The molecular formula is C14H16N2O4S2. The van der Waals surface area contributed by atoms with Crippen molar-refractivity contribution in [2.24, 2.45) is 0 Å². The van der Waals surface area contributed by atoms with E-state index in [0.717, 1.165) is 29.7 Å². The Labute approximate surface area is 132 Å². The molecule has 0 radical (unpaired) electrons. The van der Waals surface area contributed by atoms with Gasteiger partial charge in [-0.3, -0.25) is 4.79 Å². The second-order valence-electron chi connectivity index (χ2n) is 5.04. The van der Waals surface area contributed by atoms with E-state index in [-0.39, 0.29) is 15.7 Å². The van der Waals surface area contributed by atoms with E-state index in [9.17, 15) is 13.2 Å². The van der Waals surface area contributed by atoms with Gasteiger partial charge < -0.3 is 9.73 Å². The minimum atomic E-state index is -3.58. The van der Waals surface area contributed by atoms with Gasteiger partial charge in [-0.2, -0.15) is 4.31 Å². The zero-order chi connectivity index (χ0) is 15.6. The first-order valence-electron chi connectivity index (χ1n) is 6.96. The Morgan fingerprint density at radius 3 is 2.77 bits per heavy atom. The van der Waals surface area contributed by atoms with Crippen molar-refractivity contribution in [3.8, 4) is 0 Å². The van der Waals surface area contributed by atoms with Gasteiger partial charge in [0.05, 0.1) is 12.5 Å². The number of carbonyl (C=O) groups is 1. The van der Waals surface area contributed by atoms with Gasteiger partial charge in [-0.1, -0.05) is 0 Å². The SMILES string of the molecule is O=C(NCc1ccoc1)c1sccc1S(=O)(=O)N1CCCC1. The van der Waals surface area contributed by atoms with Crippen molar-refractivity contribution in [2.45, 2.75) is 24.3 Å². The second-order valence-corrected chi connectivity index (χ2v) is 7.86. The Morgan fingerprint density at radius 1 is 1.32 bits per heavy atom. The Balaban J connectivity index is 1.78. The Kier molecular flexibility index (Phi) is 4.32. The van der Waals surface area contributed by atoms with Crippen LogP contribution in [0.4, 0.5) is 0 Å². The van der Waals surface area contributed by atoms with E-state index < -0.39 is 10.0 Å². The van der Waals surface area contributed by atoms with Crippen LogP contribution in [0.2, 0.25) is 0 Å². The second kappa shape index (κ2) is 6.23. The first-order valence-corrected chi connectivity index (χ1v) is 9.28. The van der Waals surface area contributed by atoms with E-state index in [0.29, 0.717) is 19.6 Å². The third-order valence-corrected chi connectivity index (χ3v) is 6.53. The van der Waals surface area contributed by atoms with Gasteiger partial charge in [-0.25, -0.2) is 8.42 Å². The number of nitrogens with one attached hydrogen (secondary N) is 1. The summed E-state index contributed by atoms with van der Waals surface area (Å²) in [6, 6.07) is 3.25. The largest absolute Gasteiger partial charge is 0.472 e. The van der Waals surface area contributed by atoms with Crippen LogP contribution in [-0.2, 0) is 16.6 Å². The highest BCUT2D eigenvalue weighted by Crippen LogP contribution is 2.27. The molecule has 2 aromatic rings. The van der Waals surface area contributed by atoms with Crippen LogP contribution < -0.4 is 5.32 Å². The molecule has 6 nitrogen and oxygen atoms in total. The van der Waals surface area contributed by atoms with Crippen LogP contribution in [0.1, 0.15) is 28.1 Å². The third kappa shape index (κ3) is 2.94. The van der Waals surface area contributed by atoms with Crippen molar-refractivity contribution in [3.63, 3.8) is 0 Å². The minimum Gasteiger partial charge on any atom is -0.472 e. The molecule has 22 heavy (non-hydrogen) atoms. The lowest BCUT2D eigenvalue weighted by atomic mass is 10.3. The van der Waals surface area contributed by atoms with Crippen molar-refractivity contribution in [2.75, 3.05) is 13.1 Å². The maximum Gasteiger partial charge on any atom is 0.263 e. The highest BCUT2D eigenvalue weighted by atomic mass is 32.2. The van der Waals surface area contributed by atoms with E-state index in [1.165, 1.54) is 22.9 Å². The monoisotopic (exact) mass is 340 g/mol. The molecule has 0 atom stereocenters. The summed E-state index contributed by atoms with van der Waals surface area (Å²) in [4.78, 5) is 12.6. The molecule has 0 spiro atoms. The number of sulfonamides is 1. The van der Waals surface area contributed by atoms with Gasteiger partial charge in [-0.05, 0) is 30.4 Å². The molecule has 0 aromatic carbocycles. The number of carbonyl (C=O) groups excluding carboxylic acids is 1. The van der Waals surface area contributed by atoms with Crippen LogP contribution >= 0.6 is 11.3 Å². The van der Waals surface area contributed by atoms with Crippen LogP contribution in [0.25, 0.3) is 0 Å². The molecule has 1 saturated heterocycles. The highest BCUT2D eigenvalue weighted by molar-refractivity contribution is 7.89. The zero-order valence-corrected chi connectivity index (χ0v) is 13.5. The highest BCUT2D eigenvalue weighted by Gasteiger charge is 2.31. The molecule has 0 unspecified atom stereocenters. The molecular weight excluding hydrogens is 324 g/mol. The summed E-state index contributed by atoms with van der Waals surface area (Å²) in [5.41, 5.74) is 0.828. The van der Waals surface area contributed by atoms with Crippen molar-refractivity contribution in [1.82, 2.24) is 9.62 Å². The summed E-state index contributed by atoms with van der Waals surface area (Å²) in [6.45, 7) is 1.35. The molecule has 1 fully saturated rings. The molecule has 1 aliphatic heterocycles. The quantitative estimate of drug-likeness (QED) is 0.903. The number of hydrogen-bond donors (Lipinski definition) is 1. The van der Waals surface area contributed by atoms with E-state index in [1.54, 1.807) is 11.4 Å². The molecule has 3 heterocycles. The van der Waals surface area contributed by atoms with Crippen LogP contribution in [0.3, 0.4) is 0 Å². The fourth-order valence-corrected chi connectivity index (χ4v) is 5.22. The van der Waals surface area contributed by atoms with E-state index in [1.807, 2.05) is 0 Å². The van der Waals surface area contributed by atoms with Gasteiger partial charge >= 0.3 is 0 Å². The summed E-state index contributed by atoms with van der Waals surface area (Å²) in [5, 5.41) is 4.35. The molecule has 118 valence electrons. The lowest BCUT2D eigenvalue weighted by Crippen LogP contribution is -2.30. The fraction of sp³-hybridized carbons (Fsp3) is 0.357. The van der Waals surface area contributed by atoms with Gasteiger partial charge in [0, 0.05) is 25.2 Å². The molecule has 1 N–H and O–H groups in total. The number of nitrogens with zero attached hydrogens (tertiary/aromatic N) is 1. The van der Waals surface area contributed by atoms with Crippen LogP contribution in [0.15, 0.2) is 39.4 Å². The summed E-state index contributed by atoms with van der Waals surface area (Å²) in [7, 11) is -3.58. The van der Waals surface area contributed by atoms with Crippen LogP contribution in [0, 0.1) is 0 Å². The zero-order valence-electron chi connectivity index (χ0n) is 11.8. The average molecular weight is 340 g/mol. The Bertz CT molecular complexity index is 744. The lowest BCUT2D eigenvalue weighted by molar-refractivity contribution is 0.0952. The number of hydrogen-bond acceptors (Lipinski definition) is 5. The first-order chi connectivity index (χ1) is 10.6. The molecule has 1 amide bonds. The topological polar surface area (TPSA) is 79.6 Å². The van der Waals surface area contributed by atoms with Crippen LogP contribution in [-0.4, -0.2) is 31.7 Å². The fourth-order valence-electron chi connectivity index (χ4n) is 2.39. The lowest BCUT2D eigenvalue weighted by Gasteiger charge is -2.15. The maximum atomic E-state index is 12.6. The first kappa shape index (κ1) is 15.3. The van der Waals surface area contributed by atoms with E-state index in [4.69, 9.17) is 4.42 Å². The number of furan rings is 1. The molecule has 1 aliphatic rings. The average Bonchev–Trinajstić information content (AvgIpc) is 3.26. The molecule has 0 bridgehead atoms. The third-order valence-electron chi connectivity index (χ3n) is 3.55. The molecule has 0 saturated carbocycles. The summed E-state index contributed by atoms with van der Waals surface area (Å²) < 4.78 is 31.6. The number of rotatable bonds is 5. The molecule has 2 aromatic heterocycles. The van der Waals surface area contributed by atoms with Gasteiger partial charge in [0.1, 0.15) is 9.77 Å².